The van der Waals surface area contributed by atoms with Crippen molar-refractivity contribution >= 4 is 11.6 Å². The normalized spacial score (nSPS) is 24.7. The molecule has 1 rings (SSSR count). The Morgan fingerprint density at radius 2 is 1.94 bits per heavy atom. The molecule has 0 spiro atoms. The first kappa shape index (κ1) is 13.9. The molecular formula is C14H24N2O. The average molecular weight is 236 g/mol. The van der Waals surface area contributed by atoms with Gasteiger partial charge in [0.05, 0.1) is 6.04 Å². The summed E-state index contributed by atoms with van der Waals surface area (Å²) in [7, 11) is 0. The molecule has 0 aliphatic carbocycles. The summed E-state index contributed by atoms with van der Waals surface area (Å²) in [5.41, 5.74) is 1.83. The van der Waals surface area contributed by atoms with E-state index in [9.17, 15) is 4.79 Å². The summed E-state index contributed by atoms with van der Waals surface area (Å²) in [6, 6.07) is 0.338. The zero-order valence-corrected chi connectivity index (χ0v) is 11.7. The molecule has 1 amide bonds. The minimum absolute atomic E-state index is 0.0617. The van der Waals surface area contributed by atoms with Crippen molar-refractivity contribution in [3.8, 4) is 0 Å². The van der Waals surface area contributed by atoms with Crippen LogP contribution in [0.2, 0.25) is 0 Å². The fraction of sp³-hybridized carbons (Fsp3) is 0.714. The summed E-state index contributed by atoms with van der Waals surface area (Å²) in [6.07, 6.45) is 1.93. The van der Waals surface area contributed by atoms with E-state index in [4.69, 9.17) is 0 Å². The zero-order chi connectivity index (χ0) is 13.2. The van der Waals surface area contributed by atoms with Crippen molar-refractivity contribution in [2.75, 3.05) is 0 Å². The zero-order valence-electron chi connectivity index (χ0n) is 11.7. The molecule has 0 fully saturated rings. The van der Waals surface area contributed by atoms with E-state index in [1.54, 1.807) is 0 Å². The maximum absolute atomic E-state index is 11.9. The minimum Gasteiger partial charge on any atom is -0.349 e. The third-order valence-electron chi connectivity index (χ3n) is 3.12. The predicted octanol–water partition coefficient (Wildman–Crippen LogP) is 2.57. The van der Waals surface area contributed by atoms with Gasteiger partial charge in [-0.3, -0.25) is 9.79 Å². The monoisotopic (exact) mass is 236 g/mol. The van der Waals surface area contributed by atoms with E-state index in [0.29, 0.717) is 17.5 Å². The fourth-order valence-corrected chi connectivity index (χ4v) is 2.57. The SMILES string of the molecule is CC1=CC(C(=O)NC(C)C)=NC(C)C1C(C)C. The van der Waals surface area contributed by atoms with Gasteiger partial charge in [-0.1, -0.05) is 19.4 Å². The van der Waals surface area contributed by atoms with Crippen LogP contribution in [0.15, 0.2) is 16.6 Å². The lowest BCUT2D eigenvalue weighted by Crippen LogP contribution is -2.38. The number of hydrogen-bond donors (Lipinski definition) is 1. The van der Waals surface area contributed by atoms with E-state index in [2.05, 4.69) is 38.0 Å². The Hall–Kier alpha value is -1.12. The molecule has 3 nitrogen and oxygen atoms in total. The summed E-state index contributed by atoms with van der Waals surface area (Å²) in [4.78, 5) is 16.4. The van der Waals surface area contributed by atoms with Gasteiger partial charge >= 0.3 is 0 Å². The molecule has 0 bridgehead atoms. The van der Waals surface area contributed by atoms with E-state index < -0.39 is 0 Å². The third-order valence-corrected chi connectivity index (χ3v) is 3.12. The van der Waals surface area contributed by atoms with E-state index in [1.165, 1.54) is 5.57 Å². The van der Waals surface area contributed by atoms with Crippen molar-refractivity contribution in [3.05, 3.63) is 11.6 Å². The number of rotatable bonds is 3. The van der Waals surface area contributed by atoms with Crippen LogP contribution in [0.1, 0.15) is 41.5 Å². The molecule has 0 saturated carbocycles. The Morgan fingerprint density at radius 1 is 1.35 bits per heavy atom. The largest absolute Gasteiger partial charge is 0.349 e. The van der Waals surface area contributed by atoms with Crippen LogP contribution in [0.3, 0.4) is 0 Å². The highest BCUT2D eigenvalue weighted by Crippen LogP contribution is 2.29. The van der Waals surface area contributed by atoms with Crippen molar-refractivity contribution in [3.63, 3.8) is 0 Å². The second-order valence-electron chi connectivity index (χ2n) is 5.54. The Balaban J connectivity index is 2.86. The van der Waals surface area contributed by atoms with Crippen LogP contribution >= 0.6 is 0 Å². The van der Waals surface area contributed by atoms with E-state index in [0.717, 1.165) is 0 Å². The highest BCUT2D eigenvalue weighted by Gasteiger charge is 2.27. The second kappa shape index (κ2) is 5.48. The minimum atomic E-state index is -0.0617. The number of carbonyl (C=O) groups is 1. The molecule has 1 N–H and O–H groups in total. The first-order chi connectivity index (χ1) is 7.82. The summed E-state index contributed by atoms with van der Waals surface area (Å²) in [5, 5.41) is 2.88. The van der Waals surface area contributed by atoms with Gasteiger partial charge in [-0.15, -0.1) is 0 Å². The van der Waals surface area contributed by atoms with Crippen molar-refractivity contribution in [1.82, 2.24) is 5.32 Å². The standard InChI is InChI=1S/C14H24N2O/c1-8(2)13-10(5)7-12(16-11(13)6)14(17)15-9(3)4/h7-9,11,13H,1-6H3,(H,15,17). The van der Waals surface area contributed by atoms with Crippen LogP contribution < -0.4 is 5.32 Å². The second-order valence-corrected chi connectivity index (χ2v) is 5.54. The number of carbonyl (C=O) groups excluding carboxylic acids is 1. The number of aliphatic imine (C=N–C) groups is 1. The molecule has 0 aromatic carbocycles. The van der Waals surface area contributed by atoms with Gasteiger partial charge in [-0.2, -0.15) is 0 Å². The molecular weight excluding hydrogens is 212 g/mol. The Labute approximate surface area is 104 Å². The molecule has 0 aromatic heterocycles. The Bertz CT molecular complexity index is 353. The molecule has 0 radical (unpaired) electrons. The maximum Gasteiger partial charge on any atom is 0.269 e. The highest BCUT2D eigenvalue weighted by molar-refractivity contribution is 6.43. The lowest BCUT2D eigenvalue weighted by molar-refractivity contribution is -0.115. The van der Waals surface area contributed by atoms with E-state index >= 15 is 0 Å². The first-order valence-corrected chi connectivity index (χ1v) is 6.39. The molecule has 96 valence electrons. The maximum atomic E-state index is 11.9. The molecule has 0 aromatic rings. The van der Waals surface area contributed by atoms with Gasteiger partial charge in [-0.05, 0) is 39.7 Å². The Kier molecular flexibility index (Phi) is 4.49. The van der Waals surface area contributed by atoms with Crippen LogP contribution in [0.4, 0.5) is 0 Å². The quantitative estimate of drug-likeness (QED) is 0.804. The number of dihydropyridines is 1. The van der Waals surface area contributed by atoms with E-state index in [-0.39, 0.29) is 18.0 Å². The number of nitrogens with one attached hydrogen (secondary N) is 1. The predicted molar refractivity (Wildman–Crippen MR) is 72.3 cm³/mol. The van der Waals surface area contributed by atoms with Crippen molar-refractivity contribution in [2.24, 2.45) is 16.8 Å². The highest BCUT2D eigenvalue weighted by atomic mass is 16.1. The molecule has 3 heteroatoms. The number of amides is 1. The molecule has 0 saturated heterocycles. The van der Waals surface area contributed by atoms with Gasteiger partial charge < -0.3 is 5.32 Å². The van der Waals surface area contributed by atoms with Gasteiger partial charge in [-0.25, -0.2) is 0 Å². The van der Waals surface area contributed by atoms with Crippen LogP contribution in [-0.2, 0) is 4.79 Å². The lowest BCUT2D eigenvalue weighted by atomic mass is 9.81. The molecule has 2 atom stereocenters. The summed E-state index contributed by atoms with van der Waals surface area (Å²) < 4.78 is 0. The molecule has 17 heavy (non-hydrogen) atoms. The van der Waals surface area contributed by atoms with Gasteiger partial charge in [0.2, 0.25) is 0 Å². The van der Waals surface area contributed by atoms with Gasteiger partial charge in [0.25, 0.3) is 5.91 Å². The Morgan fingerprint density at radius 3 is 2.35 bits per heavy atom. The van der Waals surface area contributed by atoms with Crippen molar-refractivity contribution < 1.29 is 4.79 Å². The van der Waals surface area contributed by atoms with Gasteiger partial charge in [0, 0.05) is 12.0 Å². The summed E-state index contributed by atoms with van der Waals surface area (Å²) >= 11 is 0. The van der Waals surface area contributed by atoms with Gasteiger partial charge in [0.1, 0.15) is 5.71 Å². The topological polar surface area (TPSA) is 41.5 Å². The summed E-state index contributed by atoms with van der Waals surface area (Å²) in [5.74, 6) is 0.943. The average Bonchev–Trinajstić information content (AvgIpc) is 2.14. The number of hydrogen-bond acceptors (Lipinski definition) is 2. The van der Waals surface area contributed by atoms with Crippen LogP contribution in [0.5, 0.6) is 0 Å². The van der Waals surface area contributed by atoms with Crippen molar-refractivity contribution in [1.29, 1.82) is 0 Å². The van der Waals surface area contributed by atoms with Crippen LogP contribution in [0.25, 0.3) is 0 Å². The first-order valence-electron chi connectivity index (χ1n) is 6.39. The number of nitrogens with zero attached hydrogens (tertiary/aromatic N) is 1. The third kappa shape index (κ3) is 3.42. The summed E-state index contributed by atoms with van der Waals surface area (Å²) in [6.45, 7) is 12.5. The van der Waals surface area contributed by atoms with Gasteiger partial charge in [0.15, 0.2) is 0 Å². The molecule has 1 heterocycles. The molecule has 1 aliphatic heterocycles. The van der Waals surface area contributed by atoms with E-state index in [1.807, 2.05) is 19.9 Å². The van der Waals surface area contributed by atoms with Crippen LogP contribution in [0, 0.1) is 11.8 Å². The van der Waals surface area contributed by atoms with Crippen molar-refractivity contribution in [2.45, 2.75) is 53.6 Å². The lowest BCUT2D eigenvalue weighted by Gasteiger charge is -2.29. The molecule has 2 unspecified atom stereocenters. The van der Waals surface area contributed by atoms with Crippen LogP contribution in [-0.4, -0.2) is 23.7 Å². The smallest absolute Gasteiger partial charge is 0.269 e. The fourth-order valence-electron chi connectivity index (χ4n) is 2.57. The molecule has 1 aliphatic rings.